The van der Waals surface area contributed by atoms with E-state index in [1.165, 1.54) is 37.5 Å². The number of nitrogens with zero attached hydrogens (tertiary/aromatic N) is 3. The van der Waals surface area contributed by atoms with E-state index < -0.39 is 5.82 Å². The van der Waals surface area contributed by atoms with Crippen LogP contribution < -0.4 is 5.32 Å². The topological polar surface area (TPSA) is 38.8 Å². The van der Waals surface area contributed by atoms with Crippen molar-refractivity contribution >= 4 is 23.3 Å². The van der Waals surface area contributed by atoms with Gasteiger partial charge in [0.25, 0.3) is 0 Å². The molecule has 7 heteroatoms. The number of likely N-dealkylation sites (tertiary alicyclic amines) is 1. The van der Waals surface area contributed by atoms with Gasteiger partial charge in [-0.25, -0.2) is 9.18 Å². The monoisotopic (exact) mass is 410 g/mol. The van der Waals surface area contributed by atoms with Crippen LogP contribution in [0, 0.1) is 5.82 Å². The van der Waals surface area contributed by atoms with Crippen molar-refractivity contribution in [3.63, 3.8) is 0 Å². The summed E-state index contributed by atoms with van der Waals surface area (Å²) < 4.78 is 13.3. The molecule has 1 N–H and O–H groups in total. The predicted molar refractivity (Wildman–Crippen MR) is 113 cm³/mol. The van der Waals surface area contributed by atoms with Gasteiger partial charge in [0, 0.05) is 25.2 Å². The van der Waals surface area contributed by atoms with Gasteiger partial charge >= 0.3 is 6.03 Å². The first-order valence-corrected chi connectivity index (χ1v) is 10.6. The number of anilines is 1. The molecule has 2 aliphatic rings. The molecule has 28 heavy (non-hydrogen) atoms. The highest BCUT2D eigenvalue weighted by Gasteiger charge is 2.36. The van der Waals surface area contributed by atoms with Crippen molar-refractivity contribution in [2.24, 2.45) is 0 Å². The number of benzene rings is 1. The van der Waals surface area contributed by atoms with Gasteiger partial charge in [-0.05, 0) is 71.1 Å². The number of likely N-dealkylation sites (N-methyl/N-ethyl adjacent to an activating group) is 2. The summed E-state index contributed by atoms with van der Waals surface area (Å²) in [6, 6.07) is 4.94. The molecule has 1 aliphatic carbocycles. The Labute approximate surface area is 172 Å². The zero-order chi connectivity index (χ0) is 20.3. The molecular formula is C21H32ClFN4O. The summed E-state index contributed by atoms with van der Waals surface area (Å²) in [6.45, 7) is 2.26. The molecule has 0 radical (unpaired) electrons. The number of hydrogen-bond acceptors (Lipinski definition) is 3. The Morgan fingerprint density at radius 1 is 1.14 bits per heavy atom. The second-order valence-electron chi connectivity index (χ2n) is 8.28. The number of amides is 2. The molecule has 1 aromatic carbocycles. The van der Waals surface area contributed by atoms with E-state index in [0.29, 0.717) is 17.8 Å². The van der Waals surface area contributed by atoms with Crippen molar-refractivity contribution in [2.75, 3.05) is 39.5 Å². The fourth-order valence-corrected chi connectivity index (χ4v) is 4.85. The van der Waals surface area contributed by atoms with Crippen molar-refractivity contribution in [3.8, 4) is 0 Å². The molecule has 1 aromatic rings. The third kappa shape index (κ3) is 4.97. The Morgan fingerprint density at radius 2 is 1.79 bits per heavy atom. The van der Waals surface area contributed by atoms with E-state index in [1.54, 1.807) is 0 Å². The Balaban J connectivity index is 1.67. The summed E-state index contributed by atoms with van der Waals surface area (Å²) in [4.78, 5) is 19.6. The van der Waals surface area contributed by atoms with Gasteiger partial charge in [0.05, 0.1) is 10.7 Å². The highest BCUT2D eigenvalue weighted by atomic mass is 35.5. The van der Waals surface area contributed by atoms with Gasteiger partial charge in [0.15, 0.2) is 0 Å². The minimum Gasteiger partial charge on any atom is -0.323 e. The lowest BCUT2D eigenvalue weighted by Gasteiger charge is -2.46. The molecule has 1 saturated carbocycles. The highest BCUT2D eigenvalue weighted by molar-refractivity contribution is 6.33. The normalized spacial score (nSPS) is 24.4. The van der Waals surface area contributed by atoms with Crippen LogP contribution in [0.1, 0.15) is 38.5 Å². The molecule has 2 fully saturated rings. The number of nitrogens with one attached hydrogen (secondary N) is 1. The van der Waals surface area contributed by atoms with Gasteiger partial charge in [0.2, 0.25) is 0 Å². The predicted octanol–water partition coefficient (Wildman–Crippen LogP) is 4.28. The molecule has 0 bridgehead atoms. The maximum atomic E-state index is 13.3. The van der Waals surface area contributed by atoms with Crippen LogP contribution in [0.15, 0.2) is 18.2 Å². The third-order valence-electron chi connectivity index (χ3n) is 6.47. The average Bonchev–Trinajstić information content (AvgIpc) is 2.69. The second kappa shape index (κ2) is 9.42. The van der Waals surface area contributed by atoms with E-state index in [1.807, 2.05) is 11.9 Å². The van der Waals surface area contributed by atoms with Crippen molar-refractivity contribution in [1.29, 1.82) is 0 Å². The van der Waals surface area contributed by atoms with Crippen LogP contribution in [0.2, 0.25) is 5.02 Å². The van der Waals surface area contributed by atoms with Crippen molar-refractivity contribution < 1.29 is 9.18 Å². The zero-order valence-corrected chi connectivity index (χ0v) is 17.9. The highest BCUT2D eigenvalue weighted by Crippen LogP contribution is 2.30. The summed E-state index contributed by atoms with van der Waals surface area (Å²) in [7, 11) is 6.26. The molecule has 3 rings (SSSR count). The van der Waals surface area contributed by atoms with Crippen molar-refractivity contribution in [1.82, 2.24) is 14.7 Å². The number of piperidine rings is 1. The van der Waals surface area contributed by atoms with Gasteiger partial charge < -0.3 is 15.1 Å². The molecule has 2 amide bonds. The fourth-order valence-electron chi connectivity index (χ4n) is 4.64. The van der Waals surface area contributed by atoms with Crippen molar-refractivity contribution in [2.45, 2.75) is 56.7 Å². The van der Waals surface area contributed by atoms with Gasteiger partial charge in [-0.15, -0.1) is 0 Å². The Hall–Kier alpha value is -1.37. The van der Waals surface area contributed by atoms with E-state index in [2.05, 4.69) is 29.2 Å². The van der Waals surface area contributed by atoms with Crippen LogP contribution in [-0.4, -0.2) is 73.1 Å². The lowest BCUT2D eigenvalue weighted by molar-refractivity contribution is 0.0443. The van der Waals surface area contributed by atoms with E-state index >= 15 is 0 Å². The van der Waals surface area contributed by atoms with Crippen LogP contribution in [0.3, 0.4) is 0 Å². The largest absolute Gasteiger partial charge is 0.323 e. The summed E-state index contributed by atoms with van der Waals surface area (Å²) in [5.41, 5.74) is 0.441. The van der Waals surface area contributed by atoms with Crippen LogP contribution in [-0.2, 0) is 0 Å². The van der Waals surface area contributed by atoms with Crippen molar-refractivity contribution in [3.05, 3.63) is 29.0 Å². The van der Waals surface area contributed by atoms with Gasteiger partial charge in [-0.3, -0.25) is 4.90 Å². The fraction of sp³-hybridized carbons (Fsp3) is 0.667. The number of hydrogen-bond donors (Lipinski definition) is 1. The molecular weight excluding hydrogens is 379 g/mol. The van der Waals surface area contributed by atoms with E-state index in [-0.39, 0.29) is 17.1 Å². The number of carbonyl (C=O) groups excluding carboxylic acids is 1. The number of carbonyl (C=O) groups is 1. The molecule has 1 aliphatic heterocycles. The van der Waals surface area contributed by atoms with E-state index in [0.717, 1.165) is 32.4 Å². The summed E-state index contributed by atoms with van der Waals surface area (Å²) >= 11 is 6.07. The lowest BCUT2D eigenvalue weighted by atomic mass is 9.87. The number of rotatable bonds is 4. The Morgan fingerprint density at radius 3 is 2.43 bits per heavy atom. The van der Waals surface area contributed by atoms with Crippen LogP contribution in [0.4, 0.5) is 14.9 Å². The van der Waals surface area contributed by atoms with E-state index in [9.17, 15) is 9.18 Å². The SMILES string of the molecule is CN1CCC(N(C)C2CCCCC2N(C)C(=O)Nc2ccc(F)cc2Cl)CC1. The van der Waals surface area contributed by atoms with Gasteiger partial charge in [-0.2, -0.15) is 0 Å². The lowest BCUT2D eigenvalue weighted by Crippen LogP contribution is -2.57. The maximum Gasteiger partial charge on any atom is 0.321 e. The van der Waals surface area contributed by atoms with Crippen LogP contribution in [0.5, 0.6) is 0 Å². The molecule has 1 saturated heterocycles. The summed E-state index contributed by atoms with van der Waals surface area (Å²) in [6.07, 6.45) is 6.81. The average molecular weight is 411 g/mol. The smallest absolute Gasteiger partial charge is 0.321 e. The zero-order valence-electron chi connectivity index (χ0n) is 17.1. The molecule has 0 spiro atoms. The third-order valence-corrected chi connectivity index (χ3v) is 6.78. The first-order valence-electron chi connectivity index (χ1n) is 10.3. The Kier molecular flexibility index (Phi) is 7.18. The number of urea groups is 1. The van der Waals surface area contributed by atoms with E-state index in [4.69, 9.17) is 11.6 Å². The summed E-state index contributed by atoms with van der Waals surface area (Å²) in [5.74, 6) is -0.413. The molecule has 2 atom stereocenters. The molecule has 1 heterocycles. The quantitative estimate of drug-likeness (QED) is 0.805. The van der Waals surface area contributed by atoms with Crippen LogP contribution in [0.25, 0.3) is 0 Å². The first-order chi connectivity index (χ1) is 13.4. The maximum absolute atomic E-state index is 13.3. The molecule has 0 aromatic heterocycles. The number of halogens is 2. The minimum absolute atomic E-state index is 0.164. The molecule has 5 nitrogen and oxygen atoms in total. The van der Waals surface area contributed by atoms with Crippen LogP contribution >= 0.6 is 11.6 Å². The molecule has 2 unspecified atom stereocenters. The van der Waals surface area contributed by atoms with Gasteiger partial charge in [-0.1, -0.05) is 24.4 Å². The second-order valence-corrected chi connectivity index (χ2v) is 8.69. The standard InChI is InChI=1S/C21H32ClFN4O/c1-25-12-10-16(11-13-25)26(2)19-6-4-5-7-20(19)27(3)21(28)24-18-9-8-15(23)14-17(18)22/h8-9,14,16,19-20H,4-7,10-13H2,1-3H3,(H,24,28). The minimum atomic E-state index is -0.413. The first kappa shape index (κ1) is 21.3. The molecule has 156 valence electrons. The summed E-state index contributed by atoms with van der Waals surface area (Å²) in [5, 5.41) is 3.06. The van der Waals surface area contributed by atoms with Gasteiger partial charge in [0.1, 0.15) is 5.82 Å². The Bertz CT molecular complexity index is 680.